The maximum absolute atomic E-state index is 5.94. The molecule has 9 heteroatoms. The van der Waals surface area contributed by atoms with Gasteiger partial charge in [0, 0.05) is 0 Å². The van der Waals surface area contributed by atoms with Crippen LogP contribution < -0.4 is 24.8 Å². The largest absolute Gasteiger partial charge is 1.00 e. The Morgan fingerprint density at radius 2 is 0.948 bits per heavy atom. The van der Waals surface area contributed by atoms with E-state index in [4.69, 9.17) is 69.6 Å². The minimum atomic E-state index is -1.45. The fourth-order valence-electron chi connectivity index (χ4n) is 6.81. The van der Waals surface area contributed by atoms with Crippen LogP contribution in [-0.4, -0.2) is 3.21 Å². The number of hydrogen-bond acceptors (Lipinski definition) is 0. The summed E-state index contributed by atoms with van der Waals surface area (Å²) < 4.78 is -1.82. The molecule has 0 radical (unpaired) electrons. The summed E-state index contributed by atoms with van der Waals surface area (Å²) in [5.41, 5.74) is 15.1. The molecular formula is C49H54Cl8Zr-2. The van der Waals surface area contributed by atoms with Crippen LogP contribution in [0, 0.1) is 6.07 Å². The maximum atomic E-state index is 5.94. The van der Waals surface area contributed by atoms with Gasteiger partial charge in [-0.3, -0.25) is 0 Å². The number of benzene rings is 4. The van der Waals surface area contributed by atoms with Crippen LogP contribution in [0.4, 0.5) is 0 Å². The van der Waals surface area contributed by atoms with Gasteiger partial charge in [-0.15, -0.1) is 16.7 Å². The minimum Gasteiger partial charge on any atom is -1.00 e. The molecule has 1 aliphatic carbocycles. The van der Waals surface area contributed by atoms with E-state index in [2.05, 4.69) is 107 Å². The molecule has 6 rings (SSSR count). The Morgan fingerprint density at radius 1 is 0.534 bits per heavy atom. The molecule has 312 valence electrons. The molecule has 0 bridgehead atoms. The first-order chi connectivity index (χ1) is 25.5. The molecule has 58 heavy (non-hydrogen) atoms. The van der Waals surface area contributed by atoms with Crippen molar-refractivity contribution in [2.45, 2.75) is 119 Å². The van der Waals surface area contributed by atoms with E-state index >= 15 is 0 Å². The van der Waals surface area contributed by atoms with E-state index < -0.39 is 7.59 Å². The van der Waals surface area contributed by atoms with E-state index in [1.165, 1.54) is 68.7 Å². The number of hydrogen-bond donors (Lipinski definition) is 0. The fraction of sp³-hybridized carbons (Fsp3) is 0.388. The molecule has 0 unspecified atom stereocenters. The molecule has 0 nitrogen and oxygen atoms in total. The predicted octanol–water partition coefficient (Wildman–Crippen LogP) is 10.1. The maximum Gasteiger partial charge on any atom is -0.172 e. The van der Waals surface area contributed by atoms with Gasteiger partial charge in [-0.1, -0.05) is 106 Å². The van der Waals surface area contributed by atoms with Crippen molar-refractivity contribution in [3.63, 3.8) is 0 Å². The third-order valence-corrected chi connectivity index (χ3v) is 12.5. The topological polar surface area (TPSA) is 0 Å². The van der Waals surface area contributed by atoms with Crippen LogP contribution in [0.3, 0.4) is 0 Å². The molecule has 0 fully saturated rings. The number of rotatable bonds is 2. The third-order valence-electron chi connectivity index (χ3n) is 9.75. The average Bonchev–Trinajstić information content (AvgIpc) is 3.77. The van der Waals surface area contributed by atoms with Crippen molar-refractivity contribution in [3.8, 4) is 11.1 Å². The first-order valence-corrected chi connectivity index (χ1v) is 22.4. The fourth-order valence-corrected chi connectivity index (χ4v) is 8.28. The van der Waals surface area contributed by atoms with Gasteiger partial charge in [-0.05, 0) is 39.4 Å². The zero-order chi connectivity index (χ0) is 42.2. The summed E-state index contributed by atoms with van der Waals surface area (Å²) in [6.45, 7) is 28.0. The van der Waals surface area contributed by atoms with Crippen LogP contribution in [0.15, 0.2) is 97.1 Å². The zero-order valence-corrected chi connectivity index (χ0v) is 44.0. The summed E-state index contributed by atoms with van der Waals surface area (Å²) in [4.78, 5) is 0. The summed E-state index contributed by atoms with van der Waals surface area (Å²) >= 11 is 36.9. The smallest absolute Gasteiger partial charge is 0.172 e. The molecule has 0 N–H and O–H groups in total. The summed E-state index contributed by atoms with van der Waals surface area (Å²) in [6, 6.07) is 36.3. The second kappa shape index (κ2) is 20.2. The van der Waals surface area contributed by atoms with Crippen molar-refractivity contribution in [2.75, 3.05) is 0 Å². The van der Waals surface area contributed by atoms with Crippen LogP contribution in [0.5, 0.6) is 0 Å². The van der Waals surface area contributed by atoms with Crippen molar-refractivity contribution in [2.24, 2.45) is 0 Å². The molecule has 0 saturated heterocycles. The van der Waals surface area contributed by atoms with E-state index in [1.807, 2.05) is 66.7 Å². The molecular weight excluding hydrogens is 963 g/mol. The Hall–Kier alpha value is -0.697. The van der Waals surface area contributed by atoms with E-state index in [1.54, 1.807) is 12.1 Å². The first kappa shape index (κ1) is 53.4. The Morgan fingerprint density at radius 3 is 1.31 bits per heavy atom. The van der Waals surface area contributed by atoms with Crippen LogP contribution in [0.1, 0.15) is 139 Å². The zero-order valence-electron chi connectivity index (χ0n) is 35.5. The van der Waals surface area contributed by atoms with E-state index in [-0.39, 0.29) is 46.5 Å². The summed E-state index contributed by atoms with van der Waals surface area (Å²) in [5, 5.41) is 0. The van der Waals surface area contributed by atoms with Gasteiger partial charge < -0.3 is 24.8 Å². The molecule has 0 aromatic heterocycles. The van der Waals surface area contributed by atoms with E-state index in [0.717, 1.165) is 20.8 Å². The van der Waals surface area contributed by atoms with Crippen molar-refractivity contribution in [1.29, 1.82) is 0 Å². The number of alkyl halides is 6. The van der Waals surface area contributed by atoms with Crippen molar-refractivity contribution in [3.05, 3.63) is 159 Å². The van der Waals surface area contributed by atoms with Crippen molar-refractivity contribution in [1.82, 2.24) is 0 Å². The standard InChI is InChI=1S/C29H41.C15H8Cl6.C5H5.2ClH.Zr/c1-26(2,3)22-14-18-13-19-15-23(27(4,5)6)25(29(10,11)12)17-21(19)20(18)16-24(22)28(7,8)9;16-14(17,18)12-5-1-3-10(8-12)7-11-4-2-6-13(9-11)15(19,20)21;1-2-4-5-3-1;;;/h14,16-17H,13H2,1-12H3;1-6,8-9H;1-5H;2*1H;/q-1;;-1;;;+2/p-2. The molecule has 0 spiro atoms. The molecule has 1 aliphatic rings. The SMILES string of the molecule is CC(C)(C)c1[c-]c2c(cc1C(C)(C)C)-c1cc(C(C)(C)C)c(C(C)(C)C)cc1C2.ClC(Cl)(Cl)c1cccc([C](=[Zr+2])c2cccc(C(Cl)(Cl)Cl)c2)c1.[Cl-].[Cl-].c1cc[cH-]c1. The molecule has 0 atom stereocenters. The Kier molecular flexibility index (Phi) is 18.6. The molecule has 0 saturated carbocycles. The molecule has 5 aromatic carbocycles. The number of halogens is 8. The van der Waals surface area contributed by atoms with Gasteiger partial charge in [-0.25, -0.2) is 12.1 Å². The minimum absolute atomic E-state index is 0. The van der Waals surface area contributed by atoms with Crippen LogP contribution in [0.2, 0.25) is 0 Å². The predicted molar refractivity (Wildman–Crippen MR) is 245 cm³/mol. The third kappa shape index (κ3) is 13.9. The Labute approximate surface area is 406 Å². The van der Waals surface area contributed by atoms with Crippen LogP contribution in [-0.2, 0) is 59.9 Å². The number of fused-ring (bicyclic) bond motifs is 3. The van der Waals surface area contributed by atoms with Crippen molar-refractivity contribution >= 4 is 72.8 Å². The van der Waals surface area contributed by atoms with E-state index in [9.17, 15) is 0 Å². The molecule has 0 heterocycles. The average molecular weight is 1020 g/mol. The monoisotopic (exact) mass is 1010 g/mol. The molecule has 5 aromatic rings. The second-order valence-electron chi connectivity index (χ2n) is 18.7. The van der Waals surface area contributed by atoms with E-state index in [0.29, 0.717) is 11.1 Å². The van der Waals surface area contributed by atoms with Gasteiger partial charge in [0.1, 0.15) is 0 Å². The Bertz CT molecular complexity index is 1990. The second-order valence-corrected chi connectivity index (χ2v) is 24.5. The summed E-state index contributed by atoms with van der Waals surface area (Å²) in [5.74, 6) is 0. The molecule has 0 aliphatic heterocycles. The Balaban J connectivity index is 0.000000354. The first-order valence-electron chi connectivity index (χ1n) is 18.9. The normalized spacial score (nSPS) is 12.8. The molecule has 0 amide bonds. The van der Waals surface area contributed by atoms with Gasteiger partial charge in [0.05, 0.1) is 0 Å². The van der Waals surface area contributed by atoms with Gasteiger partial charge in [0.15, 0.2) is 0 Å². The van der Waals surface area contributed by atoms with Crippen LogP contribution >= 0.6 is 69.6 Å². The summed E-state index contributed by atoms with van der Waals surface area (Å²) in [6.07, 6.45) is 1.01. The van der Waals surface area contributed by atoms with Crippen molar-refractivity contribution < 1.29 is 49.0 Å². The quantitative estimate of drug-likeness (QED) is 0.120. The van der Waals surface area contributed by atoms with Gasteiger partial charge >= 0.3 is 175 Å². The van der Waals surface area contributed by atoms with Gasteiger partial charge in [-0.2, -0.15) is 35.9 Å². The van der Waals surface area contributed by atoms with Gasteiger partial charge in [0.25, 0.3) is 0 Å². The van der Waals surface area contributed by atoms with Crippen LogP contribution in [0.25, 0.3) is 11.1 Å². The summed E-state index contributed by atoms with van der Waals surface area (Å²) in [7, 11) is 0. The van der Waals surface area contributed by atoms with Gasteiger partial charge in [0.2, 0.25) is 0 Å².